The summed E-state index contributed by atoms with van der Waals surface area (Å²) in [5, 5.41) is 2.88. The Morgan fingerprint density at radius 3 is 2.58 bits per heavy atom. The van der Waals surface area contributed by atoms with E-state index in [1.54, 1.807) is 0 Å². The van der Waals surface area contributed by atoms with Crippen molar-refractivity contribution in [2.75, 3.05) is 44.3 Å². The van der Waals surface area contributed by atoms with Crippen molar-refractivity contribution in [3.05, 3.63) is 23.5 Å². The van der Waals surface area contributed by atoms with Crippen molar-refractivity contribution in [1.82, 2.24) is 20.0 Å². The standard InChI is InChI=1S/C19H33IN4O2/c1-18(2,3)26-17(25)21-16-8-7-15(11-23(16)14-20)12-24-10-9-22(6)13-19(24,4)5/h7-8H,9-14H2,1-6H3,(H,21,25). The van der Waals surface area contributed by atoms with E-state index >= 15 is 0 Å². The van der Waals surface area contributed by atoms with Gasteiger partial charge >= 0.3 is 6.09 Å². The molecule has 0 aromatic rings. The summed E-state index contributed by atoms with van der Waals surface area (Å²) < 4.78 is 6.17. The van der Waals surface area contributed by atoms with E-state index in [1.165, 1.54) is 5.57 Å². The highest BCUT2D eigenvalue weighted by molar-refractivity contribution is 14.1. The molecule has 0 aromatic carbocycles. The Hall–Kier alpha value is -0.800. The number of halogens is 1. The topological polar surface area (TPSA) is 48.1 Å². The first kappa shape index (κ1) is 21.5. The summed E-state index contributed by atoms with van der Waals surface area (Å²) >= 11 is 2.33. The molecular weight excluding hydrogens is 443 g/mol. The lowest BCUT2D eigenvalue weighted by Gasteiger charge is -2.47. The van der Waals surface area contributed by atoms with Gasteiger partial charge < -0.3 is 14.5 Å². The van der Waals surface area contributed by atoms with Crippen molar-refractivity contribution in [2.45, 2.75) is 45.8 Å². The van der Waals surface area contributed by atoms with Crippen LogP contribution in [0.2, 0.25) is 0 Å². The van der Waals surface area contributed by atoms with Crippen molar-refractivity contribution >= 4 is 28.7 Å². The summed E-state index contributed by atoms with van der Waals surface area (Å²) in [5.41, 5.74) is 1.04. The van der Waals surface area contributed by atoms with Crippen molar-refractivity contribution in [1.29, 1.82) is 0 Å². The maximum atomic E-state index is 12.1. The van der Waals surface area contributed by atoms with Gasteiger partial charge in [0.25, 0.3) is 0 Å². The van der Waals surface area contributed by atoms with Gasteiger partial charge in [-0.2, -0.15) is 0 Å². The van der Waals surface area contributed by atoms with Gasteiger partial charge in [-0.25, -0.2) is 4.79 Å². The Morgan fingerprint density at radius 2 is 2.00 bits per heavy atom. The third kappa shape index (κ3) is 6.13. The second-order valence-corrected chi connectivity index (χ2v) is 9.48. The lowest BCUT2D eigenvalue weighted by atomic mass is 9.97. The molecule has 26 heavy (non-hydrogen) atoms. The maximum Gasteiger partial charge on any atom is 0.413 e. The van der Waals surface area contributed by atoms with Crippen LogP contribution in [0.5, 0.6) is 0 Å². The van der Waals surface area contributed by atoms with E-state index in [0.717, 1.165) is 43.1 Å². The molecule has 0 saturated carbocycles. The predicted molar refractivity (Wildman–Crippen MR) is 114 cm³/mol. The average molecular weight is 476 g/mol. The van der Waals surface area contributed by atoms with E-state index in [9.17, 15) is 4.79 Å². The minimum atomic E-state index is -0.498. The molecule has 0 bridgehead atoms. The van der Waals surface area contributed by atoms with E-state index in [1.807, 2.05) is 26.8 Å². The largest absolute Gasteiger partial charge is 0.444 e. The molecular formula is C19H33IN4O2. The van der Waals surface area contributed by atoms with Crippen LogP contribution >= 0.6 is 22.6 Å². The summed E-state index contributed by atoms with van der Waals surface area (Å²) in [6.07, 6.45) is 3.73. The van der Waals surface area contributed by atoms with Gasteiger partial charge in [0.2, 0.25) is 0 Å². The van der Waals surface area contributed by atoms with Crippen LogP contribution in [0.1, 0.15) is 34.6 Å². The first-order valence-electron chi connectivity index (χ1n) is 9.14. The Balaban J connectivity index is 2.03. The number of rotatable bonds is 4. The van der Waals surface area contributed by atoms with Crippen LogP contribution in [0.3, 0.4) is 0 Å². The molecule has 2 heterocycles. The molecule has 0 aliphatic carbocycles. The minimum Gasteiger partial charge on any atom is -0.444 e. The van der Waals surface area contributed by atoms with Crippen LogP contribution in [0.4, 0.5) is 4.79 Å². The summed E-state index contributed by atoms with van der Waals surface area (Å²) in [4.78, 5) is 19.2. The zero-order valence-corrected chi connectivity index (χ0v) is 19.1. The van der Waals surface area contributed by atoms with Crippen molar-refractivity contribution in [3.63, 3.8) is 0 Å². The minimum absolute atomic E-state index is 0.168. The Labute approximate surface area is 171 Å². The van der Waals surface area contributed by atoms with Gasteiger partial charge in [0, 0.05) is 38.3 Å². The number of allylic oxidation sites excluding steroid dienone is 2. The molecule has 0 unspecified atom stereocenters. The summed E-state index contributed by atoms with van der Waals surface area (Å²) in [6.45, 7) is 15.3. The van der Waals surface area contributed by atoms with Crippen LogP contribution in [-0.2, 0) is 4.74 Å². The SMILES string of the molecule is CN1CCN(CC2=CC=C(NC(=O)OC(C)(C)C)N(CI)C2)C(C)(C)C1. The molecule has 2 aliphatic heterocycles. The van der Waals surface area contributed by atoms with Gasteiger partial charge in [-0.3, -0.25) is 10.2 Å². The van der Waals surface area contributed by atoms with E-state index in [4.69, 9.17) is 4.74 Å². The molecule has 0 aromatic heterocycles. The molecule has 0 atom stereocenters. The molecule has 1 fully saturated rings. The molecule has 1 amide bonds. The number of likely N-dealkylation sites (N-methyl/N-ethyl adjacent to an activating group) is 1. The van der Waals surface area contributed by atoms with Gasteiger partial charge in [0.05, 0.1) is 4.55 Å². The number of nitrogens with zero attached hydrogens (tertiary/aromatic N) is 3. The monoisotopic (exact) mass is 476 g/mol. The third-order valence-electron chi connectivity index (χ3n) is 4.64. The maximum absolute atomic E-state index is 12.1. The molecule has 1 saturated heterocycles. The number of alkyl carbamates (subject to hydrolysis) is 1. The molecule has 6 nitrogen and oxygen atoms in total. The molecule has 2 aliphatic rings. The number of amides is 1. The summed E-state index contributed by atoms with van der Waals surface area (Å²) in [6, 6.07) is 0. The van der Waals surface area contributed by atoms with Crippen LogP contribution in [0.25, 0.3) is 0 Å². The lowest BCUT2D eigenvalue weighted by molar-refractivity contribution is 0.0382. The first-order valence-corrected chi connectivity index (χ1v) is 10.7. The number of piperazine rings is 1. The molecule has 2 rings (SSSR count). The van der Waals surface area contributed by atoms with Crippen LogP contribution < -0.4 is 5.32 Å². The number of carbonyl (C=O) groups excluding carboxylic acids is 1. The van der Waals surface area contributed by atoms with Crippen LogP contribution in [-0.4, -0.2) is 76.3 Å². The fraction of sp³-hybridized carbons (Fsp3) is 0.737. The van der Waals surface area contributed by atoms with Gasteiger partial charge in [-0.15, -0.1) is 0 Å². The van der Waals surface area contributed by atoms with Crippen molar-refractivity contribution < 1.29 is 9.53 Å². The number of hydrogen-bond acceptors (Lipinski definition) is 5. The normalized spacial score (nSPS) is 21.9. The molecule has 1 N–H and O–H groups in total. The van der Waals surface area contributed by atoms with Gasteiger partial charge in [-0.1, -0.05) is 28.7 Å². The van der Waals surface area contributed by atoms with E-state index < -0.39 is 11.7 Å². The zero-order valence-electron chi connectivity index (χ0n) is 16.9. The molecule has 0 spiro atoms. The Bertz CT molecular complexity index is 581. The fourth-order valence-corrected chi connectivity index (χ4v) is 4.00. The van der Waals surface area contributed by atoms with Gasteiger partial charge in [0.1, 0.15) is 11.4 Å². The smallest absolute Gasteiger partial charge is 0.413 e. The molecule has 7 heteroatoms. The average Bonchev–Trinajstić information content (AvgIpc) is 2.49. The second kappa shape index (κ2) is 8.48. The van der Waals surface area contributed by atoms with Gasteiger partial charge in [0.15, 0.2) is 0 Å². The number of alkyl halides is 1. The Kier molecular flexibility index (Phi) is 7.01. The quantitative estimate of drug-likeness (QED) is 0.384. The number of carbonyl (C=O) groups is 1. The Morgan fingerprint density at radius 1 is 1.31 bits per heavy atom. The van der Waals surface area contributed by atoms with E-state index in [2.05, 4.69) is 69.6 Å². The highest BCUT2D eigenvalue weighted by atomic mass is 127. The van der Waals surface area contributed by atoms with Crippen LogP contribution in [0.15, 0.2) is 23.5 Å². The summed E-state index contributed by atoms with van der Waals surface area (Å²) in [7, 11) is 2.19. The number of hydrogen-bond donors (Lipinski definition) is 1. The van der Waals surface area contributed by atoms with E-state index in [0.29, 0.717) is 0 Å². The second-order valence-electron chi connectivity index (χ2n) is 8.79. The predicted octanol–water partition coefficient (Wildman–Crippen LogP) is 3.01. The van der Waals surface area contributed by atoms with Crippen molar-refractivity contribution in [3.8, 4) is 0 Å². The zero-order chi connectivity index (χ0) is 19.5. The van der Waals surface area contributed by atoms with Crippen molar-refractivity contribution in [2.24, 2.45) is 0 Å². The number of ether oxygens (including phenoxy) is 1. The fourth-order valence-electron chi connectivity index (χ4n) is 3.40. The van der Waals surface area contributed by atoms with Gasteiger partial charge in [-0.05, 0) is 53.3 Å². The third-order valence-corrected chi connectivity index (χ3v) is 5.47. The highest BCUT2D eigenvalue weighted by Gasteiger charge is 2.33. The molecule has 148 valence electrons. The number of nitrogens with one attached hydrogen (secondary N) is 1. The summed E-state index contributed by atoms with van der Waals surface area (Å²) in [5.74, 6) is 0.801. The highest BCUT2D eigenvalue weighted by Crippen LogP contribution is 2.23. The van der Waals surface area contributed by atoms with Crippen LogP contribution in [0, 0.1) is 0 Å². The van der Waals surface area contributed by atoms with E-state index in [-0.39, 0.29) is 5.54 Å². The molecule has 0 radical (unpaired) electrons. The lowest BCUT2D eigenvalue weighted by Crippen LogP contribution is -2.58. The first-order chi connectivity index (χ1) is 12.0.